The van der Waals surface area contributed by atoms with Gasteiger partial charge in [-0.25, -0.2) is 0 Å². The minimum Gasteiger partial charge on any atom is -0.374 e. The van der Waals surface area contributed by atoms with E-state index >= 15 is 0 Å². The summed E-state index contributed by atoms with van der Waals surface area (Å²) in [5, 5.41) is 0. The van der Waals surface area contributed by atoms with Gasteiger partial charge in [0.15, 0.2) is 0 Å². The summed E-state index contributed by atoms with van der Waals surface area (Å²) in [7, 11) is 2.16. The Morgan fingerprint density at radius 3 is 2.46 bits per heavy atom. The molecule has 0 saturated heterocycles. The monoisotopic (exact) mass is 177 g/mol. The molecule has 1 aliphatic rings. The van der Waals surface area contributed by atoms with Crippen LogP contribution in [0.5, 0.6) is 0 Å². The summed E-state index contributed by atoms with van der Waals surface area (Å²) in [6, 6.07) is 8.64. The van der Waals surface area contributed by atoms with Crippen molar-refractivity contribution in [3.8, 4) is 0 Å². The lowest BCUT2D eigenvalue weighted by Crippen LogP contribution is -2.13. The second-order valence-corrected chi connectivity index (χ2v) is 3.34. The SMILES string of the molecule is CC.CC1CN(C)c2ccccc21. The largest absolute Gasteiger partial charge is 0.374 e. The van der Waals surface area contributed by atoms with Gasteiger partial charge in [-0.2, -0.15) is 0 Å². The van der Waals surface area contributed by atoms with Gasteiger partial charge in [0, 0.05) is 25.2 Å². The second kappa shape index (κ2) is 4.31. The van der Waals surface area contributed by atoms with E-state index in [2.05, 4.69) is 43.1 Å². The molecule has 13 heavy (non-hydrogen) atoms. The van der Waals surface area contributed by atoms with E-state index in [1.54, 1.807) is 0 Å². The van der Waals surface area contributed by atoms with Crippen LogP contribution in [0, 0.1) is 0 Å². The van der Waals surface area contributed by atoms with Crippen LogP contribution in [0.25, 0.3) is 0 Å². The number of para-hydroxylation sites is 1. The molecular weight excluding hydrogens is 158 g/mol. The second-order valence-electron chi connectivity index (χ2n) is 3.34. The fourth-order valence-electron chi connectivity index (χ4n) is 1.86. The first kappa shape index (κ1) is 10.1. The molecule has 1 heteroatoms. The van der Waals surface area contributed by atoms with Crippen LogP contribution >= 0.6 is 0 Å². The molecule has 1 heterocycles. The number of hydrogen-bond donors (Lipinski definition) is 0. The third-order valence-electron chi connectivity index (χ3n) is 2.43. The van der Waals surface area contributed by atoms with E-state index < -0.39 is 0 Å². The maximum atomic E-state index is 2.32. The van der Waals surface area contributed by atoms with E-state index in [0.29, 0.717) is 5.92 Å². The Hall–Kier alpha value is -0.980. The molecule has 0 N–H and O–H groups in total. The van der Waals surface area contributed by atoms with Gasteiger partial charge in [0.1, 0.15) is 0 Å². The van der Waals surface area contributed by atoms with Crippen LogP contribution in [-0.4, -0.2) is 13.6 Å². The summed E-state index contributed by atoms with van der Waals surface area (Å²) >= 11 is 0. The van der Waals surface area contributed by atoms with Gasteiger partial charge in [0.25, 0.3) is 0 Å². The number of anilines is 1. The summed E-state index contributed by atoms with van der Waals surface area (Å²) in [5.74, 6) is 0.705. The van der Waals surface area contributed by atoms with E-state index in [9.17, 15) is 0 Å². The quantitative estimate of drug-likeness (QED) is 0.588. The molecule has 0 radical (unpaired) electrons. The third kappa shape index (κ3) is 1.85. The van der Waals surface area contributed by atoms with Gasteiger partial charge in [-0.3, -0.25) is 0 Å². The topological polar surface area (TPSA) is 3.24 Å². The van der Waals surface area contributed by atoms with E-state index in [4.69, 9.17) is 0 Å². The molecule has 0 saturated carbocycles. The van der Waals surface area contributed by atoms with Crippen molar-refractivity contribution >= 4 is 5.69 Å². The maximum absolute atomic E-state index is 2.32. The highest BCUT2D eigenvalue weighted by atomic mass is 15.1. The average molecular weight is 177 g/mol. The summed E-state index contributed by atoms with van der Waals surface area (Å²) in [4.78, 5) is 2.32. The van der Waals surface area contributed by atoms with Crippen LogP contribution in [0.15, 0.2) is 24.3 Å². The molecule has 2 rings (SSSR count). The Kier molecular flexibility index (Phi) is 3.35. The van der Waals surface area contributed by atoms with Gasteiger partial charge >= 0.3 is 0 Å². The third-order valence-corrected chi connectivity index (χ3v) is 2.43. The van der Waals surface area contributed by atoms with Gasteiger partial charge < -0.3 is 4.90 Å². The Morgan fingerprint density at radius 1 is 1.23 bits per heavy atom. The van der Waals surface area contributed by atoms with Crippen LogP contribution in [0.4, 0.5) is 5.69 Å². The summed E-state index contributed by atoms with van der Waals surface area (Å²) in [6.07, 6.45) is 0. The van der Waals surface area contributed by atoms with Crippen molar-refractivity contribution in [3.05, 3.63) is 29.8 Å². The highest BCUT2D eigenvalue weighted by Crippen LogP contribution is 2.33. The molecule has 1 nitrogen and oxygen atoms in total. The molecule has 72 valence electrons. The summed E-state index contributed by atoms with van der Waals surface area (Å²) in [5.41, 5.74) is 2.90. The van der Waals surface area contributed by atoms with Gasteiger partial charge in [-0.15, -0.1) is 0 Å². The standard InChI is InChI=1S/C10H13N.C2H6/c1-8-7-11(2)10-6-4-3-5-9(8)10;1-2/h3-6,8H,7H2,1-2H3;1-2H3. The maximum Gasteiger partial charge on any atom is 0.0399 e. The number of fused-ring (bicyclic) bond motifs is 1. The number of likely N-dealkylation sites (N-methyl/N-ethyl adjacent to an activating group) is 1. The van der Waals surface area contributed by atoms with Crippen molar-refractivity contribution in [1.82, 2.24) is 0 Å². The predicted octanol–water partition coefficient (Wildman–Crippen LogP) is 3.27. The van der Waals surface area contributed by atoms with E-state index in [-0.39, 0.29) is 0 Å². The average Bonchev–Trinajstić information content (AvgIpc) is 2.47. The van der Waals surface area contributed by atoms with E-state index in [1.165, 1.54) is 17.8 Å². The van der Waals surface area contributed by atoms with Crippen molar-refractivity contribution in [3.63, 3.8) is 0 Å². The van der Waals surface area contributed by atoms with Crippen molar-refractivity contribution in [2.24, 2.45) is 0 Å². The number of rotatable bonds is 0. The minimum atomic E-state index is 0.705. The highest BCUT2D eigenvalue weighted by Gasteiger charge is 2.21. The molecular formula is C12H19N. The molecule has 1 aromatic carbocycles. The number of benzene rings is 1. The molecule has 0 aliphatic carbocycles. The lowest BCUT2D eigenvalue weighted by Gasteiger charge is -2.10. The number of hydrogen-bond acceptors (Lipinski definition) is 1. The van der Waals surface area contributed by atoms with Crippen LogP contribution in [0.1, 0.15) is 32.3 Å². The highest BCUT2D eigenvalue weighted by molar-refractivity contribution is 5.59. The lowest BCUT2D eigenvalue weighted by atomic mass is 10.0. The summed E-state index contributed by atoms with van der Waals surface area (Å²) < 4.78 is 0. The fourth-order valence-corrected chi connectivity index (χ4v) is 1.86. The van der Waals surface area contributed by atoms with Crippen LogP contribution in [-0.2, 0) is 0 Å². The van der Waals surface area contributed by atoms with Crippen molar-refractivity contribution in [2.75, 3.05) is 18.5 Å². The zero-order valence-corrected chi connectivity index (χ0v) is 9.04. The molecule has 0 amide bonds. The molecule has 1 aliphatic heterocycles. The van der Waals surface area contributed by atoms with Crippen molar-refractivity contribution in [2.45, 2.75) is 26.7 Å². The zero-order valence-electron chi connectivity index (χ0n) is 9.04. The predicted molar refractivity (Wildman–Crippen MR) is 59.5 cm³/mol. The van der Waals surface area contributed by atoms with Gasteiger partial charge in [-0.1, -0.05) is 39.0 Å². The first-order chi connectivity index (χ1) is 6.29. The zero-order chi connectivity index (χ0) is 9.84. The van der Waals surface area contributed by atoms with Crippen molar-refractivity contribution in [1.29, 1.82) is 0 Å². The summed E-state index contributed by atoms with van der Waals surface area (Å²) in [6.45, 7) is 7.45. The van der Waals surface area contributed by atoms with E-state index in [1.807, 2.05) is 13.8 Å². The smallest absolute Gasteiger partial charge is 0.0399 e. The fraction of sp³-hybridized carbons (Fsp3) is 0.500. The lowest BCUT2D eigenvalue weighted by molar-refractivity contribution is 0.796. The minimum absolute atomic E-state index is 0.705. The van der Waals surface area contributed by atoms with Crippen LogP contribution in [0.3, 0.4) is 0 Å². The van der Waals surface area contributed by atoms with Gasteiger partial charge in [0.05, 0.1) is 0 Å². The molecule has 0 spiro atoms. The molecule has 0 fully saturated rings. The van der Waals surface area contributed by atoms with Gasteiger partial charge in [-0.05, 0) is 11.6 Å². The van der Waals surface area contributed by atoms with Crippen LogP contribution in [0.2, 0.25) is 0 Å². The Morgan fingerprint density at radius 2 is 1.85 bits per heavy atom. The van der Waals surface area contributed by atoms with Crippen LogP contribution < -0.4 is 4.90 Å². The first-order valence-electron chi connectivity index (χ1n) is 5.09. The normalized spacial score (nSPS) is 19.1. The molecule has 0 aromatic heterocycles. The molecule has 1 unspecified atom stereocenters. The molecule has 1 aromatic rings. The number of nitrogens with zero attached hydrogens (tertiary/aromatic N) is 1. The Balaban J connectivity index is 0.000000396. The first-order valence-corrected chi connectivity index (χ1v) is 5.09. The Bertz CT molecular complexity index is 241. The van der Waals surface area contributed by atoms with Gasteiger partial charge in [0.2, 0.25) is 0 Å². The Labute approximate surface area is 81.4 Å². The van der Waals surface area contributed by atoms with Crippen molar-refractivity contribution < 1.29 is 0 Å². The van der Waals surface area contributed by atoms with E-state index in [0.717, 1.165) is 0 Å². The molecule has 0 bridgehead atoms. The molecule has 1 atom stereocenters.